The highest BCUT2D eigenvalue weighted by atomic mass is 35.5. The number of hydrogen-bond acceptors (Lipinski definition) is 6. The Kier molecular flexibility index (Phi) is 5.51. The first-order chi connectivity index (χ1) is 10.9. The Balaban J connectivity index is 2.32. The van der Waals surface area contributed by atoms with Gasteiger partial charge >= 0.3 is 0 Å². The molecule has 7 nitrogen and oxygen atoms in total. The summed E-state index contributed by atoms with van der Waals surface area (Å²) in [6, 6.07) is 6.66. The second-order valence-corrected chi connectivity index (χ2v) is 6.03. The van der Waals surface area contributed by atoms with Crippen LogP contribution in [0.4, 0.5) is 11.5 Å². The van der Waals surface area contributed by atoms with Gasteiger partial charge in [-0.15, -0.1) is 0 Å². The second-order valence-electron chi connectivity index (χ2n) is 4.69. The van der Waals surface area contributed by atoms with Crippen molar-refractivity contribution in [1.82, 2.24) is 9.97 Å². The number of aryl methyl sites for hydroxylation is 1. The molecule has 3 N–H and O–H groups in total. The van der Waals surface area contributed by atoms with Crippen molar-refractivity contribution in [3.8, 4) is 0 Å². The molecule has 0 atom stereocenters. The third-order valence-corrected chi connectivity index (χ3v) is 3.94. The Morgan fingerprint density at radius 1 is 1.26 bits per heavy atom. The highest BCUT2D eigenvalue weighted by Crippen LogP contribution is 2.22. The van der Waals surface area contributed by atoms with Crippen molar-refractivity contribution in [3.63, 3.8) is 0 Å². The average molecular weight is 355 g/mol. The normalized spacial score (nSPS) is 10.7. The van der Waals surface area contributed by atoms with E-state index in [1.54, 1.807) is 24.3 Å². The number of halogens is 1. The number of benzene rings is 1. The number of aromatic nitrogens is 2. The smallest absolute Gasteiger partial charge is 0.271 e. The molecule has 0 bridgehead atoms. The molecule has 0 unspecified atom stereocenters. The van der Waals surface area contributed by atoms with E-state index in [1.807, 2.05) is 6.92 Å². The Morgan fingerprint density at radius 3 is 2.43 bits per heavy atom. The molecule has 0 spiro atoms. The van der Waals surface area contributed by atoms with Gasteiger partial charge in [0.15, 0.2) is 16.7 Å². The van der Waals surface area contributed by atoms with E-state index in [0.717, 1.165) is 0 Å². The van der Waals surface area contributed by atoms with Crippen LogP contribution in [-0.4, -0.2) is 24.3 Å². The van der Waals surface area contributed by atoms with Crippen LogP contribution < -0.4 is 11.1 Å². The molecule has 1 heterocycles. The third-order valence-electron chi connectivity index (χ3n) is 3.02. The molecule has 1 aromatic carbocycles. The van der Waals surface area contributed by atoms with Crippen molar-refractivity contribution >= 4 is 39.7 Å². The standard InChI is InChI=1S/C14H15ClN4O3S/c1-2-10-12(15)19-14(11(18-10)13(16)20)17-9-5-3-8(4-6-9)7-23(21)22/h3-6,23H,2,7H2,1H3,(H2,16,20)(H,17,19). The first-order valence-electron chi connectivity index (χ1n) is 6.74. The summed E-state index contributed by atoms with van der Waals surface area (Å²) < 4.78 is 21.4. The van der Waals surface area contributed by atoms with E-state index in [1.165, 1.54) is 0 Å². The van der Waals surface area contributed by atoms with Gasteiger partial charge in [0, 0.05) is 5.69 Å². The molecular weight excluding hydrogens is 340 g/mol. The van der Waals surface area contributed by atoms with Gasteiger partial charge in [0.05, 0.1) is 11.4 Å². The van der Waals surface area contributed by atoms with Crippen molar-refractivity contribution in [2.45, 2.75) is 19.1 Å². The van der Waals surface area contributed by atoms with Gasteiger partial charge in [0.2, 0.25) is 0 Å². The molecule has 2 rings (SSSR count). The quantitative estimate of drug-likeness (QED) is 0.679. The van der Waals surface area contributed by atoms with Crippen LogP contribution in [0.5, 0.6) is 0 Å². The van der Waals surface area contributed by atoms with E-state index in [9.17, 15) is 13.2 Å². The lowest BCUT2D eigenvalue weighted by molar-refractivity contribution is 0.0996. The van der Waals surface area contributed by atoms with Gasteiger partial charge in [0.1, 0.15) is 10.7 Å². The summed E-state index contributed by atoms with van der Waals surface area (Å²) in [5, 5.41) is 3.11. The lowest BCUT2D eigenvalue weighted by atomic mass is 10.2. The van der Waals surface area contributed by atoms with Gasteiger partial charge in [0.25, 0.3) is 5.91 Å². The minimum atomic E-state index is -2.48. The lowest BCUT2D eigenvalue weighted by Gasteiger charge is -2.11. The highest BCUT2D eigenvalue weighted by molar-refractivity contribution is 7.71. The number of rotatable bonds is 6. The summed E-state index contributed by atoms with van der Waals surface area (Å²) in [6.45, 7) is 1.84. The van der Waals surface area contributed by atoms with Crippen LogP contribution in [0, 0.1) is 0 Å². The Bertz CT molecular complexity index is 798. The summed E-state index contributed by atoms with van der Waals surface area (Å²) in [5.41, 5.74) is 7.08. The Labute approximate surface area is 139 Å². The zero-order valence-electron chi connectivity index (χ0n) is 12.2. The number of carbonyl (C=O) groups is 1. The maximum atomic E-state index is 11.5. The molecule has 0 saturated heterocycles. The number of nitrogens with one attached hydrogen (secondary N) is 1. The monoisotopic (exact) mass is 354 g/mol. The maximum absolute atomic E-state index is 11.5. The predicted octanol–water partition coefficient (Wildman–Crippen LogP) is 1.65. The lowest BCUT2D eigenvalue weighted by Crippen LogP contribution is -2.18. The summed E-state index contributed by atoms with van der Waals surface area (Å²) in [6.07, 6.45) is 0.522. The Hall–Kier alpha value is -2.19. The molecule has 2 aromatic rings. The fourth-order valence-corrected chi connectivity index (χ4v) is 2.68. The molecular formula is C14H15ClN4O3S. The molecule has 0 aliphatic carbocycles. The first-order valence-corrected chi connectivity index (χ1v) is 8.48. The van der Waals surface area contributed by atoms with E-state index in [0.29, 0.717) is 23.4 Å². The zero-order valence-corrected chi connectivity index (χ0v) is 13.9. The number of nitrogens with zero attached hydrogens (tertiary/aromatic N) is 2. The van der Waals surface area contributed by atoms with Crippen LogP contribution in [0.2, 0.25) is 5.15 Å². The number of carbonyl (C=O) groups excluding carboxylic acids is 1. The molecule has 9 heteroatoms. The maximum Gasteiger partial charge on any atom is 0.271 e. The molecule has 1 aromatic heterocycles. The largest absolute Gasteiger partial charge is 0.364 e. The number of hydrogen-bond donors (Lipinski definition) is 3. The van der Waals surface area contributed by atoms with E-state index < -0.39 is 16.6 Å². The topological polar surface area (TPSA) is 115 Å². The van der Waals surface area contributed by atoms with Gasteiger partial charge in [-0.25, -0.2) is 18.4 Å². The van der Waals surface area contributed by atoms with Crippen molar-refractivity contribution in [2.24, 2.45) is 5.73 Å². The molecule has 0 fully saturated rings. The van der Waals surface area contributed by atoms with E-state index in [-0.39, 0.29) is 22.4 Å². The SMILES string of the molecule is CCc1nc(C(N)=O)c(Nc2ccc(C[SH](=O)=O)cc2)nc1Cl. The number of amides is 1. The van der Waals surface area contributed by atoms with Gasteiger partial charge in [-0.3, -0.25) is 4.79 Å². The zero-order chi connectivity index (χ0) is 17.0. The number of thiol groups is 1. The molecule has 0 aliphatic rings. The van der Waals surface area contributed by atoms with Gasteiger partial charge in [-0.1, -0.05) is 30.7 Å². The highest BCUT2D eigenvalue weighted by Gasteiger charge is 2.16. The van der Waals surface area contributed by atoms with Gasteiger partial charge in [-0.2, -0.15) is 0 Å². The fraction of sp³-hybridized carbons (Fsp3) is 0.214. The molecule has 0 radical (unpaired) electrons. The summed E-state index contributed by atoms with van der Waals surface area (Å²) in [5.74, 6) is -0.590. The van der Waals surface area contributed by atoms with E-state index in [2.05, 4.69) is 15.3 Å². The fourth-order valence-electron chi connectivity index (χ4n) is 1.91. The molecule has 0 aliphatic heterocycles. The van der Waals surface area contributed by atoms with Crippen LogP contribution in [0.15, 0.2) is 24.3 Å². The van der Waals surface area contributed by atoms with Crippen molar-refractivity contribution in [2.75, 3.05) is 5.32 Å². The summed E-state index contributed by atoms with van der Waals surface area (Å²) in [4.78, 5) is 19.8. The molecule has 122 valence electrons. The summed E-state index contributed by atoms with van der Waals surface area (Å²) in [7, 11) is -2.48. The van der Waals surface area contributed by atoms with Crippen LogP contribution in [0.25, 0.3) is 0 Å². The minimum absolute atomic E-state index is 0.00189. The van der Waals surface area contributed by atoms with Crippen LogP contribution in [-0.2, 0) is 22.9 Å². The third kappa shape index (κ3) is 4.40. The Morgan fingerprint density at radius 2 is 1.91 bits per heavy atom. The molecule has 0 saturated carbocycles. The first kappa shape index (κ1) is 17.2. The van der Waals surface area contributed by atoms with Crippen molar-refractivity contribution in [3.05, 3.63) is 46.4 Å². The predicted molar refractivity (Wildman–Crippen MR) is 88.7 cm³/mol. The number of anilines is 2. The van der Waals surface area contributed by atoms with Crippen LogP contribution in [0.3, 0.4) is 0 Å². The van der Waals surface area contributed by atoms with E-state index in [4.69, 9.17) is 17.3 Å². The van der Waals surface area contributed by atoms with E-state index >= 15 is 0 Å². The average Bonchev–Trinajstić information content (AvgIpc) is 2.48. The number of nitrogens with two attached hydrogens (primary N) is 1. The van der Waals surface area contributed by atoms with Crippen molar-refractivity contribution in [1.29, 1.82) is 0 Å². The number of primary amides is 1. The molecule has 23 heavy (non-hydrogen) atoms. The minimum Gasteiger partial charge on any atom is -0.364 e. The van der Waals surface area contributed by atoms with Crippen molar-refractivity contribution < 1.29 is 13.2 Å². The molecule has 1 amide bonds. The van der Waals surface area contributed by atoms with Gasteiger partial charge in [-0.05, 0) is 24.1 Å². The van der Waals surface area contributed by atoms with Crippen LogP contribution >= 0.6 is 11.6 Å². The van der Waals surface area contributed by atoms with Gasteiger partial charge < -0.3 is 11.1 Å². The van der Waals surface area contributed by atoms with Crippen LogP contribution in [0.1, 0.15) is 28.7 Å². The summed E-state index contributed by atoms with van der Waals surface area (Å²) >= 11 is 6.02. The second kappa shape index (κ2) is 7.38.